The van der Waals surface area contributed by atoms with Crippen LogP contribution in [-0.4, -0.2) is 31.1 Å². The van der Waals surface area contributed by atoms with Crippen LogP contribution < -0.4 is 5.32 Å². The molecule has 28 heavy (non-hydrogen) atoms. The number of aryl methyl sites for hydroxylation is 1. The summed E-state index contributed by atoms with van der Waals surface area (Å²) in [7, 11) is 0. The second-order valence-electron chi connectivity index (χ2n) is 6.25. The fraction of sp³-hybridized carbons (Fsp3) is 0.250. The molecule has 3 rings (SSSR count). The smallest absolute Gasteiger partial charge is 0.316 e. The van der Waals surface area contributed by atoms with Gasteiger partial charge in [-0.1, -0.05) is 59.8 Å². The average molecular weight is 417 g/mol. The fourth-order valence-corrected chi connectivity index (χ4v) is 3.65. The Morgan fingerprint density at radius 3 is 2.71 bits per heavy atom. The normalized spacial score (nSPS) is 11.9. The van der Waals surface area contributed by atoms with Gasteiger partial charge in [0.15, 0.2) is 11.0 Å². The Morgan fingerprint density at radius 1 is 1.21 bits per heavy atom. The van der Waals surface area contributed by atoms with Crippen LogP contribution in [0.15, 0.2) is 59.8 Å². The van der Waals surface area contributed by atoms with Crippen LogP contribution in [0.5, 0.6) is 0 Å². The zero-order chi connectivity index (χ0) is 19.9. The van der Waals surface area contributed by atoms with E-state index in [1.165, 1.54) is 17.3 Å². The molecule has 1 aromatic heterocycles. The lowest BCUT2D eigenvalue weighted by molar-refractivity contribution is -0.136. The number of nitrogens with one attached hydrogen (secondary N) is 1. The molecule has 0 radical (unpaired) electrons. The van der Waals surface area contributed by atoms with Crippen molar-refractivity contribution in [3.05, 3.63) is 71.0 Å². The van der Waals surface area contributed by atoms with Gasteiger partial charge in [-0.15, -0.1) is 10.2 Å². The maximum absolute atomic E-state index is 11.2. The minimum absolute atomic E-state index is 0.462. The largest absolute Gasteiger partial charge is 0.480 e. The number of thioether (sulfide) groups is 1. The number of anilines is 1. The highest BCUT2D eigenvalue weighted by Gasteiger charge is 2.19. The van der Waals surface area contributed by atoms with E-state index in [2.05, 4.69) is 27.6 Å². The lowest BCUT2D eigenvalue weighted by Gasteiger charge is -2.13. The molecule has 0 saturated carbocycles. The van der Waals surface area contributed by atoms with E-state index in [1.54, 1.807) is 6.92 Å². The van der Waals surface area contributed by atoms with Gasteiger partial charge in [-0.05, 0) is 37.1 Å². The Labute approximate surface area is 172 Å². The van der Waals surface area contributed by atoms with E-state index in [-0.39, 0.29) is 0 Å². The third-order valence-electron chi connectivity index (χ3n) is 4.17. The molecule has 0 spiro atoms. The van der Waals surface area contributed by atoms with Crippen molar-refractivity contribution in [2.45, 2.75) is 36.8 Å². The monoisotopic (exact) mass is 416 g/mol. The maximum atomic E-state index is 11.2. The van der Waals surface area contributed by atoms with Crippen molar-refractivity contribution in [1.29, 1.82) is 0 Å². The molecule has 0 saturated heterocycles. The number of hydrogen-bond donors (Lipinski definition) is 2. The zero-order valence-corrected chi connectivity index (χ0v) is 17.0. The van der Waals surface area contributed by atoms with Gasteiger partial charge in [-0.3, -0.25) is 4.79 Å². The van der Waals surface area contributed by atoms with Crippen molar-refractivity contribution in [3.8, 4) is 0 Å². The van der Waals surface area contributed by atoms with Crippen molar-refractivity contribution in [1.82, 2.24) is 14.8 Å². The average Bonchev–Trinajstić information content (AvgIpc) is 3.07. The van der Waals surface area contributed by atoms with Gasteiger partial charge in [0.05, 0.1) is 6.54 Å². The molecule has 0 unspecified atom stereocenters. The molecule has 0 aliphatic carbocycles. The molecule has 0 fully saturated rings. The van der Waals surface area contributed by atoms with Crippen LogP contribution in [0.1, 0.15) is 18.3 Å². The van der Waals surface area contributed by atoms with Crippen molar-refractivity contribution in [2.75, 3.05) is 5.32 Å². The molecule has 6 nitrogen and oxygen atoms in total. The second kappa shape index (κ2) is 9.61. The molecule has 0 aliphatic rings. The molecule has 0 aliphatic heterocycles. The molecule has 2 aromatic carbocycles. The number of aliphatic carboxylic acids is 1. The molecule has 8 heteroatoms. The summed E-state index contributed by atoms with van der Waals surface area (Å²) in [5.74, 6) is -0.128. The minimum Gasteiger partial charge on any atom is -0.480 e. The molecular formula is C20H21ClN4O2S. The van der Waals surface area contributed by atoms with Crippen LogP contribution in [0, 0.1) is 0 Å². The molecule has 1 atom stereocenters. The summed E-state index contributed by atoms with van der Waals surface area (Å²) in [6.07, 6.45) is 0.804. The number of halogens is 1. The summed E-state index contributed by atoms with van der Waals surface area (Å²) in [5.41, 5.74) is 2.09. The predicted octanol–water partition coefficient (Wildman–Crippen LogP) is 4.35. The van der Waals surface area contributed by atoms with Crippen LogP contribution in [0.3, 0.4) is 0 Å². The van der Waals surface area contributed by atoms with E-state index in [9.17, 15) is 9.90 Å². The highest BCUT2D eigenvalue weighted by atomic mass is 35.5. The van der Waals surface area contributed by atoms with Gasteiger partial charge in [0, 0.05) is 17.3 Å². The van der Waals surface area contributed by atoms with Crippen LogP contribution in [0.25, 0.3) is 0 Å². The molecule has 3 aromatic rings. The zero-order valence-electron chi connectivity index (χ0n) is 15.4. The number of hydrogen-bond acceptors (Lipinski definition) is 5. The maximum Gasteiger partial charge on any atom is 0.316 e. The summed E-state index contributed by atoms with van der Waals surface area (Å²) < 4.78 is 1.98. The molecular weight excluding hydrogens is 396 g/mol. The first kappa shape index (κ1) is 20.2. The highest BCUT2D eigenvalue weighted by molar-refractivity contribution is 8.00. The molecule has 146 valence electrons. The molecule has 0 bridgehead atoms. The van der Waals surface area contributed by atoms with Gasteiger partial charge in [-0.2, -0.15) is 0 Å². The standard InChI is InChI=1S/C20H21ClN4O2S/c1-14(19(26)27)28-20-24-23-18(13-22-17-9-5-8-16(21)12-17)25(20)11-10-15-6-3-2-4-7-15/h2-9,12,14,22H,10-11,13H2,1H3,(H,26,27)/t14-/m0/s1. The number of carboxylic acid groups (broad SMARTS) is 1. The topological polar surface area (TPSA) is 80.0 Å². The van der Waals surface area contributed by atoms with E-state index in [0.29, 0.717) is 23.3 Å². The minimum atomic E-state index is -0.874. The Bertz CT molecular complexity index is 933. The first-order chi connectivity index (χ1) is 13.5. The number of rotatable bonds is 9. The summed E-state index contributed by atoms with van der Waals surface area (Å²) >= 11 is 7.23. The van der Waals surface area contributed by atoms with Crippen LogP contribution in [0.4, 0.5) is 5.69 Å². The van der Waals surface area contributed by atoms with Gasteiger partial charge in [-0.25, -0.2) is 0 Å². The Morgan fingerprint density at radius 2 is 2.00 bits per heavy atom. The van der Waals surface area contributed by atoms with E-state index in [1.807, 2.05) is 47.0 Å². The number of benzene rings is 2. The first-order valence-corrected chi connectivity index (χ1v) is 10.1. The van der Waals surface area contributed by atoms with E-state index >= 15 is 0 Å². The lowest BCUT2D eigenvalue weighted by Crippen LogP contribution is -2.15. The summed E-state index contributed by atoms with van der Waals surface area (Å²) in [4.78, 5) is 11.2. The van der Waals surface area contributed by atoms with E-state index in [4.69, 9.17) is 11.6 Å². The Balaban J connectivity index is 1.77. The van der Waals surface area contributed by atoms with E-state index < -0.39 is 11.2 Å². The van der Waals surface area contributed by atoms with Crippen molar-refractivity contribution in [2.24, 2.45) is 0 Å². The Kier molecular flexibility index (Phi) is 6.95. The third kappa shape index (κ3) is 5.50. The number of carbonyl (C=O) groups is 1. The number of aromatic nitrogens is 3. The van der Waals surface area contributed by atoms with Crippen LogP contribution >= 0.6 is 23.4 Å². The van der Waals surface area contributed by atoms with Crippen molar-refractivity contribution < 1.29 is 9.90 Å². The Hall–Kier alpha value is -2.51. The van der Waals surface area contributed by atoms with Gasteiger partial charge in [0.25, 0.3) is 0 Å². The number of nitrogens with zero attached hydrogens (tertiary/aromatic N) is 3. The summed E-state index contributed by atoms with van der Waals surface area (Å²) in [6.45, 7) is 2.77. The SMILES string of the molecule is C[C@H](Sc1nnc(CNc2cccc(Cl)c2)n1CCc1ccccc1)C(=O)O. The second-order valence-corrected chi connectivity index (χ2v) is 7.99. The lowest BCUT2D eigenvalue weighted by atomic mass is 10.1. The first-order valence-electron chi connectivity index (χ1n) is 8.88. The van der Waals surface area contributed by atoms with Gasteiger partial charge in [0.2, 0.25) is 0 Å². The van der Waals surface area contributed by atoms with Gasteiger partial charge < -0.3 is 15.0 Å². The van der Waals surface area contributed by atoms with Crippen LogP contribution in [0.2, 0.25) is 5.02 Å². The quantitative estimate of drug-likeness (QED) is 0.505. The number of carboxylic acids is 1. The molecule has 0 amide bonds. The van der Waals surface area contributed by atoms with Gasteiger partial charge in [0.1, 0.15) is 5.25 Å². The summed E-state index contributed by atoms with van der Waals surface area (Å²) in [6, 6.07) is 17.6. The fourth-order valence-electron chi connectivity index (χ4n) is 2.64. The molecule has 1 heterocycles. The predicted molar refractivity (Wildman–Crippen MR) is 112 cm³/mol. The van der Waals surface area contributed by atoms with Gasteiger partial charge >= 0.3 is 5.97 Å². The highest BCUT2D eigenvalue weighted by Crippen LogP contribution is 2.24. The molecule has 2 N–H and O–H groups in total. The van der Waals surface area contributed by atoms with Crippen molar-refractivity contribution in [3.63, 3.8) is 0 Å². The van der Waals surface area contributed by atoms with E-state index in [0.717, 1.165) is 17.9 Å². The van der Waals surface area contributed by atoms with Crippen molar-refractivity contribution >= 4 is 35.0 Å². The third-order valence-corrected chi connectivity index (χ3v) is 5.47. The van der Waals surface area contributed by atoms with Crippen LogP contribution in [-0.2, 0) is 24.3 Å². The summed E-state index contributed by atoms with van der Waals surface area (Å²) in [5, 5.41) is 21.7.